The molecule has 0 fully saturated rings. The minimum Gasteiger partial charge on any atom is -0.351 e. The summed E-state index contributed by atoms with van der Waals surface area (Å²) in [7, 11) is 0. The Labute approximate surface area is 140 Å². The molecule has 0 spiro atoms. The molecule has 0 saturated heterocycles. The van der Waals surface area contributed by atoms with Gasteiger partial charge >= 0.3 is 0 Å². The van der Waals surface area contributed by atoms with Crippen LogP contribution in [0.3, 0.4) is 0 Å². The zero-order valence-corrected chi connectivity index (χ0v) is 14.2. The molecule has 2 rings (SSSR count). The van der Waals surface area contributed by atoms with Gasteiger partial charge in [-0.2, -0.15) is 0 Å². The van der Waals surface area contributed by atoms with Gasteiger partial charge in [0.1, 0.15) is 11.2 Å². The van der Waals surface area contributed by atoms with Gasteiger partial charge < -0.3 is 14.8 Å². The molecule has 0 atom stereocenters. The summed E-state index contributed by atoms with van der Waals surface area (Å²) in [5, 5.41) is 3.45. The van der Waals surface area contributed by atoms with Gasteiger partial charge in [-0.15, -0.1) is 0 Å². The van der Waals surface area contributed by atoms with Gasteiger partial charge in [-0.1, -0.05) is 0 Å². The standard InChI is InChI=1S/C17H23N3O4/c1-4-20-15-12(8-7-9-18-15)10-13(17(20)22)16(21)19-11-14(23-5-2)24-6-3/h7-10,14H,4-6,11H2,1-3H3,(H,19,21). The molecule has 0 aliphatic carbocycles. The molecule has 0 radical (unpaired) electrons. The van der Waals surface area contributed by atoms with Gasteiger partial charge in [0.25, 0.3) is 11.5 Å². The molecule has 0 unspecified atom stereocenters. The van der Waals surface area contributed by atoms with Crippen LogP contribution >= 0.6 is 0 Å². The molecule has 0 bridgehead atoms. The molecule has 0 saturated carbocycles. The fourth-order valence-corrected chi connectivity index (χ4v) is 2.47. The monoisotopic (exact) mass is 333 g/mol. The summed E-state index contributed by atoms with van der Waals surface area (Å²) in [5.74, 6) is -0.447. The van der Waals surface area contributed by atoms with E-state index in [0.717, 1.165) is 5.39 Å². The number of amides is 1. The van der Waals surface area contributed by atoms with Crippen LogP contribution in [0.15, 0.2) is 29.2 Å². The van der Waals surface area contributed by atoms with E-state index in [1.165, 1.54) is 4.57 Å². The number of carbonyl (C=O) groups excluding carboxylic acids is 1. The molecule has 0 aromatic carbocycles. The van der Waals surface area contributed by atoms with Crippen molar-refractivity contribution >= 4 is 16.9 Å². The summed E-state index contributed by atoms with van der Waals surface area (Å²) in [4.78, 5) is 29.2. The van der Waals surface area contributed by atoms with Crippen LogP contribution in [0, 0.1) is 0 Å². The second-order valence-corrected chi connectivity index (χ2v) is 5.07. The number of nitrogens with zero attached hydrogens (tertiary/aromatic N) is 2. The quantitative estimate of drug-likeness (QED) is 0.741. The van der Waals surface area contributed by atoms with E-state index in [0.29, 0.717) is 25.4 Å². The zero-order chi connectivity index (χ0) is 17.5. The normalized spacial score (nSPS) is 11.2. The van der Waals surface area contributed by atoms with Crippen molar-refractivity contribution in [3.8, 4) is 0 Å². The largest absolute Gasteiger partial charge is 0.351 e. The first-order valence-electron chi connectivity index (χ1n) is 8.12. The predicted octanol–water partition coefficient (Wildman–Crippen LogP) is 1.55. The maximum absolute atomic E-state index is 12.6. The van der Waals surface area contributed by atoms with Gasteiger partial charge in [-0.3, -0.25) is 14.2 Å². The second-order valence-electron chi connectivity index (χ2n) is 5.07. The number of rotatable bonds is 8. The number of ether oxygens (including phenoxy) is 2. The number of hydrogen-bond donors (Lipinski definition) is 1. The summed E-state index contributed by atoms with van der Waals surface area (Å²) in [5.41, 5.74) is 0.303. The Kier molecular flexibility index (Phi) is 6.45. The summed E-state index contributed by atoms with van der Waals surface area (Å²) < 4.78 is 12.3. The van der Waals surface area contributed by atoms with E-state index in [-0.39, 0.29) is 17.7 Å². The van der Waals surface area contributed by atoms with Gasteiger partial charge in [-0.25, -0.2) is 4.98 Å². The lowest BCUT2D eigenvalue weighted by Gasteiger charge is -2.17. The first-order chi connectivity index (χ1) is 11.6. The van der Waals surface area contributed by atoms with Crippen LogP contribution in [-0.2, 0) is 16.0 Å². The molecule has 2 aromatic rings. The van der Waals surface area contributed by atoms with E-state index in [2.05, 4.69) is 10.3 Å². The van der Waals surface area contributed by atoms with Crippen LogP contribution in [0.25, 0.3) is 11.0 Å². The summed E-state index contributed by atoms with van der Waals surface area (Å²) in [6, 6.07) is 5.17. The van der Waals surface area contributed by atoms with Crippen molar-refractivity contribution in [2.45, 2.75) is 33.6 Å². The van der Waals surface area contributed by atoms with Crippen molar-refractivity contribution in [1.29, 1.82) is 0 Å². The van der Waals surface area contributed by atoms with Crippen LogP contribution in [0.5, 0.6) is 0 Å². The van der Waals surface area contributed by atoms with E-state index in [1.54, 1.807) is 18.3 Å². The molecule has 0 aliphatic heterocycles. The Morgan fingerprint density at radius 1 is 1.29 bits per heavy atom. The number of aryl methyl sites for hydroxylation is 1. The number of nitrogens with one attached hydrogen (secondary N) is 1. The Morgan fingerprint density at radius 3 is 2.62 bits per heavy atom. The number of aromatic nitrogens is 2. The van der Waals surface area contributed by atoms with E-state index in [1.807, 2.05) is 26.8 Å². The van der Waals surface area contributed by atoms with Gasteiger partial charge in [0.2, 0.25) is 0 Å². The Hall–Kier alpha value is -2.25. The van der Waals surface area contributed by atoms with E-state index in [9.17, 15) is 9.59 Å². The maximum atomic E-state index is 12.6. The number of hydrogen-bond acceptors (Lipinski definition) is 5. The van der Waals surface area contributed by atoms with E-state index in [4.69, 9.17) is 9.47 Å². The molecular weight excluding hydrogens is 310 g/mol. The fourth-order valence-electron chi connectivity index (χ4n) is 2.47. The number of carbonyl (C=O) groups is 1. The first-order valence-corrected chi connectivity index (χ1v) is 8.12. The van der Waals surface area contributed by atoms with Crippen molar-refractivity contribution in [3.63, 3.8) is 0 Å². The van der Waals surface area contributed by atoms with Crippen LogP contribution in [0.1, 0.15) is 31.1 Å². The zero-order valence-electron chi connectivity index (χ0n) is 14.2. The van der Waals surface area contributed by atoms with Gasteiger partial charge in [-0.05, 0) is 39.0 Å². The van der Waals surface area contributed by atoms with Crippen LogP contribution in [-0.4, -0.2) is 41.5 Å². The molecule has 1 amide bonds. The highest BCUT2D eigenvalue weighted by Crippen LogP contribution is 2.10. The third-order valence-electron chi connectivity index (χ3n) is 3.54. The molecule has 0 aliphatic rings. The van der Waals surface area contributed by atoms with Crippen molar-refractivity contribution in [2.75, 3.05) is 19.8 Å². The Morgan fingerprint density at radius 2 is 2.00 bits per heavy atom. The number of pyridine rings is 2. The van der Waals surface area contributed by atoms with Crippen molar-refractivity contribution in [2.24, 2.45) is 0 Å². The minimum absolute atomic E-state index is 0.0871. The molecule has 1 N–H and O–H groups in total. The highest BCUT2D eigenvalue weighted by Gasteiger charge is 2.17. The molecule has 7 nitrogen and oxygen atoms in total. The van der Waals surface area contributed by atoms with E-state index < -0.39 is 12.2 Å². The van der Waals surface area contributed by atoms with Crippen molar-refractivity contribution < 1.29 is 14.3 Å². The Bertz CT molecular complexity index is 751. The number of fused-ring (bicyclic) bond motifs is 1. The third-order valence-corrected chi connectivity index (χ3v) is 3.54. The third kappa shape index (κ3) is 3.98. The minimum atomic E-state index is -0.528. The predicted molar refractivity (Wildman–Crippen MR) is 91.1 cm³/mol. The lowest BCUT2D eigenvalue weighted by atomic mass is 10.2. The highest BCUT2D eigenvalue weighted by atomic mass is 16.7. The van der Waals surface area contributed by atoms with Gasteiger partial charge in [0.15, 0.2) is 6.29 Å². The lowest BCUT2D eigenvalue weighted by Crippen LogP contribution is -2.38. The fraction of sp³-hybridized carbons (Fsp3) is 0.471. The average molecular weight is 333 g/mol. The van der Waals surface area contributed by atoms with Crippen molar-refractivity contribution in [1.82, 2.24) is 14.9 Å². The molecular formula is C17H23N3O4. The van der Waals surface area contributed by atoms with Gasteiger partial charge in [0.05, 0.1) is 6.54 Å². The molecule has 24 heavy (non-hydrogen) atoms. The summed E-state index contributed by atoms with van der Waals surface area (Å²) in [6.07, 6.45) is 1.10. The Balaban J connectivity index is 2.26. The van der Waals surface area contributed by atoms with Crippen LogP contribution in [0.4, 0.5) is 0 Å². The molecule has 2 heterocycles. The van der Waals surface area contributed by atoms with E-state index >= 15 is 0 Å². The molecule has 7 heteroatoms. The van der Waals surface area contributed by atoms with Crippen LogP contribution in [0.2, 0.25) is 0 Å². The lowest BCUT2D eigenvalue weighted by molar-refractivity contribution is -0.131. The summed E-state index contributed by atoms with van der Waals surface area (Å²) >= 11 is 0. The van der Waals surface area contributed by atoms with Crippen LogP contribution < -0.4 is 10.9 Å². The maximum Gasteiger partial charge on any atom is 0.265 e. The molecule has 130 valence electrons. The summed E-state index contributed by atoms with van der Waals surface area (Å²) in [6.45, 7) is 7.12. The smallest absolute Gasteiger partial charge is 0.265 e. The average Bonchev–Trinajstić information content (AvgIpc) is 2.59. The highest BCUT2D eigenvalue weighted by molar-refractivity contribution is 5.96. The SMILES string of the molecule is CCOC(CNC(=O)c1cc2cccnc2n(CC)c1=O)OCC. The second kappa shape index (κ2) is 8.56. The molecule has 2 aromatic heterocycles. The van der Waals surface area contributed by atoms with Gasteiger partial charge in [0, 0.05) is 31.3 Å². The van der Waals surface area contributed by atoms with Crippen molar-refractivity contribution in [3.05, 3.63) is 40.3 Å². The first kappa shape index (κ1) is 18.1. The topological polar surface area (TPSA) is 82.5 Å².